The van der Waals surface area contributed by atoms with Crippen LogP contribution in [-0.4, -0.2) is 38.4 Å². The highest BCUT2D eigenvalue weighted by atomic mass is 35.6. The molecule has 0 aromatic heterocycles. The summed E-state index contributed by atoms with van der Waals surface area (Å²) in [5, 5.41) is 1.09. The molecule has 0 N–H and O–H groups in total. The van der Waals surface area contributed by atoms with Crippen molar-refractivity contribution in [1.82, 2.24) is 0 Å². The van der Waals surface area contributed by atoms with Gasteiger partial charge in [0.1, 0.15) is 0 Å². The van der Waals surface area contributed by atoms with Crippen LogP contribution in [-0.2, 0) is 12.7 Å². The van der Waals surface area contributed by atoms with E-state index in [2.05, 4.69) is 31.8 Å². The molecule has 0 radical (unpaired) electrons. The summed E-state index contributed by atoms with van der Waals surface area (Å²) in [5.41, 5.74) is 0. The smallest absolute Gasteiger partial charge is 0.359 e. The lowest BCUT2D eigenvalue weighted by Gasteiger charge is -2.36. The van der Waals surface area contributed by atoms with Crippen LogP contribution in [0.15, 0.2) is 30.3 Å². The highest BCUT2D eigenvalue weighted by Gasteiger charge is 2.43. The van der Waals surface area contributed by atoms with Crippen molar-refractivity contribution in [2.45, 2.75) is 45.8 Å². The molecule has 1 rings (SSSR count). The lowest BCUT2D eigenvalue weighted by molar-refractivity contribution is 0.284. The Morgan fingerprint density at radius 3 is 1.70 bits per heavy atom. The lowest BCUT2D eigenvalue weighted by Crippen LogP contribution is -2.58. The fraction of sp³-hybridized carbons (Fsp3) is 0.571. The Hall–Kier alpha value is 0.548. The van der Waals surface area contributed by atoms with Crippen LogP contribution in [0, 0.1) is 0 Å². The highest BCUT2D eigenvalue weighted by Crippen LogP contribution is 2.23. The third-order valence-electron chi connectivity index (χ3n) is 2.95. The van der Waals surface area contributed by atoms with Gasteiger partial charge in [-0.05, 0) is 51.0 Å². The zero-order valence-electron chi connectivity index (χ0n) is 15.1. The van der Waals surface area contributed by atoms with Crippen LogP contribution in [0.1, 0.15) is 0 Å². The predicted octanol–water partition coefficient (Wildman–Crippen LogP) is 4.64. The van der Waals surface area contributed by atoms with E-state index in [-0.39, 0.29) is 0 Å². The van der Waals surface area contributed by atoms with Crippen molar-refractivity contribution in [3.63, 3.8) is 0 Å². The van der Waals surface area contributed by atoms with E-state index >= 15 is 0 Å². The number of benzene rings is 1. The van der Waals surface area contributed by atoms with Crippen molar-refractivity contribution < 1.29 is 12.7 Å². The quantitative estimate of drug-likeness (QED) is 0.447. The standard InChI is InChI=1S/C14H28Cl2O3Si4/c1-20(2,18-21(3,4)15)13-17-23(7,19-22(5,6)16)14-11-9-8-10-12-14/h8-12H,13H2,1-7H3. The van der Waals surface area contributed by atoms with Gasteiger partial charge in [0.25, 0.3) is 15.3 Å². The first-order valence-corrected chi connectivity index (χ1v) is 21.0. The second kappa shape index (κ2) is 7.84. The molecule has 0 spiro atoms. The molecule has 0 aliphatic carbocycles. The van der Waals surface area contributed by atoms with Gasteiger partial charge in [-0.3, -0.25) is 0 Å². The minimum atomic E-state index is -2.59. The molecule has 1 aromatic carbocycles. The molecule has 0 saturated heterocycles. The number of hydrogen-bond acceptors (Lipinski definition) is 3. The summed E-state index contributed by atoms with van der Waals surface area (Å²) in [4.78, 5) is 0. The van der Waals surface area contributed by atoms with Crippen molar-refractivity contribution >= 4 is 59.5 Å². The zero-order chi connectivity index (χ0) is 17.9. The fourth-order valence-corrected chi connectivity index (χ4v) is 18.9. The van der Waals surface area contributed by atoms with Crippen molar-refractivity contribution in [2.24, 2.45) is 0 Å². The third kappa shape index (κ3) is 8.46. The molecule has 0 saturated carbocycles. The predicted molar refractivity (Wildman–Crippen MR) is 110 cm³/mol. The van der Waals surface area contributed by atoms with Crippen molar-refractivity contribution in [2.75, 3.05) is 6.23 Å². The molecule has 0 heterocycles. The fourth-order valence-electron chi connectivity index (χ4n) is 2.37. The van der Waals surface area contributed by atoms with Gasteiger partial charge < -0.3 is 12.7 Å². The molecular formula is C14H28Cl2O3Si4. The van der Waals surface area contributed by atoms with Crippen molar-refractivity contribution in [3.05, 3.63) is 30.3 Å². The molecule has 0 bridgehead atoms. The summed E-state index contributed by atoms with van der Waals surface area (Å²) in [6, 6.07) is 10.1. The Balaban J connectivity index is 2.95. The van der Waals surface area contributed by atoms with Crippen LogP contribution >= 0.6 is 22.2 Å². The maximum Gasteiger partial charge on any atom is 0.359 e. The van der Waals surface area contributed by atoms with Gasteiger partial charge in [-0.15, -0.1) is 22.2 Å². The monoisotopic (exact) mass is 426 g/mol. The van der Waals surface area contributed by atoms with Crippen LogP contribution in [0.5, 0.6) is 0 Å². The molecule has 0 amide bonds. The summed E-state index contributed by atoms with van der Waals surface area (Å²) < 4.78 is 18.8. The molecule has 1 aromatic rings. The van der Waals surface area contributed by atoms with Crippen molar-refractivity contribution in [1.29, 1.82) is 0 Å². The Labute approximate surface area is 154 Å². The van der Waals surface area contributed by atoms with Gasteiger partial charge in [0, 0.05) is 0 Å². The molecule has 0 aliphatic heterocycles. The first-order chi connectivity index (χ1) is 10.2. The van der Waals surface area contributed by atoms with Crippen molar-refractivity contribution in [3.8, 4) is 0 Å². The first-order valence-electron chi connectivity index (χ1n) is 7.70. The molecule has 3 nitrogen and oxygen atoms in total. The average molecular weight is 428 g/mol. The summed E-state index contributed by atoms with van der Waals surface area (Å²) in [6.07, 6.45) is 0.551. The maximum atomic E-state index is 6.46. The Morgan fingerprint density at radius 1 is 0.783 bits per heavy atom. The summed E-state index contributed by atoms with van der Waals surface area (Å²) in [6.45, 7) is 14.2. The van der Waals surface area contributed by atoms with E-state index in [1.807, 2.05) is 44.4 Å². The molecule has 23 heavy (non-hydrogen) atoms. The van der Waals surface area contributed by atoms with E-state index in [1.165, 1.54) is 0 Å². The van der Waals surface area contributed by atoms with E-state index in [0.717, 1.165) is 5.19 Å². The Morgan fingerprint density at radius 2 is 1.26 bits per heavy atom. The summed E-state index contributed by atoms with van der Waals surface area (Å²) >= 11 is 12.8. The van der Waals surface area contributed by atoms with Crippen LogP contribution in [0.2, 0.25) is 45.8 Å². The molecule has 1 unspecified atom stereocenters. The molecule has 132 valence electrons. The maximum absolute atomic E-state index is 6.46. The average Bonchev–Trinajstić information content (AvgIpc) is 2.33. The van der Waals surface area contributed by atoms with Gasteiger partial charge >= 0.3 is 8.56 Å². The highest BCUT2D eigenvalue weighted by molar-refractivity contribution is 7.18. The number of rotatable bonds is 8. The first kappa shape index (κ1) is 21.6. The molecule has 9 heteroatoms. The van der Waals surface area contributed by atoms with Crippen LogP contribution in [0.25, 0.3) is 0 Å². The number of halogens is 2. The number of hydrogen-bond donors (Lipinski definition) is 0. The van der Waals surface area contributed by atoms with Gasteiger partial charge in [0.15, 0.2) is 8.32 Å². The normalized spacial score (nSPS) is 16.2. The third-order valence-corrected chi connectivity index (χ3v) is 15.2. The lowest BCUT2D eigenvalue weighted by atomic mass is 10.4. The second-order valence-corrected chi connectivity index (χ2v) is 26.4. The van der Waals surface area contributed by atoms with Crippen LogP contribution in [0.3, 0.4) is 0 Å². The minimum Gasteiger partial charge on any atom is -0.443 e. The SMILES string of the molecule is C[Si](C)(Cl)O[Si](C)(C)CO[Si](C)(O[Si](C)(C)Cl)c1ccccc1. The second-order valence-electron chi connectivity index (χ2n) is 7.29. The summed E-state index contributed by atoms with van der Waals surface area (Å²) in [7, 11) is -8.97. The molecule has 0 aliphatic rings. The van der Waals surface area contributed by atoms with E-state index in [9.17, 15) is 0 Å². The minimum absolute atomic E-state index is 0.551. The van der Waals surface area contributed by atoms with Gasteiger partial charge in [-0.25, -0.2) is 0 Å². The van der Waals surface area contributed by atoms with Gasteiger partial charge in [-0.2, -0.15) is 0 Å². The van der Waals surface area contributed by atoms with E-state index < -0.39 is 32.1 Å². The van der Waals surface area contributed by atoms with Gasteiger partial charge in [-0.1, -0.05) is 30.3 Å². The molecule has 0 fully saturated rings. The zero-order valence-corrected chi connectivity index (χ0v) is 20.6. The van der Waals surface area contributed by atoms with Gasteiger partial charge in [0.05, 0.1) is 6.23 Å². The topological polar surface area (TPSA) is 27.7 Å². The van der Waals surface area contributed by atoms with E-state index in [0.29, 0.717) is 6.23 Å². The molecular weight excluding hydrogens is 399 g/mol. The van der Waals surface area contributed by atoms with Crippen LogP contribution < -0.4 is 5.19 Å². The molecule has 1 atom stereocenters. The van der Waals surface area contributed by atoms with Gasteiger partial charge in [0.2, 0.25) is 0 Å². The Bertz CT molecular complexity index is 503. The Kier molecular flexibility index (Phi) is 7.36. The summed E-state index contributed by atoms with van der Waals surface area (Å²) in [5.74, 6) is 0. The van der Waals surface area contributed by atoms with E-state index in [4.69, 9.17) is 34.8 Å². The van der Waals surface area contributed by atoms with Crippen LogP contribution in [0.4, 0.5) is 0 Å². The van der Waals surface area contributed by atoms with E-state index in [1.54, 1.807) is 0 Å². The largest absolute Gasteiger partial charge is 0.443 e.